The Kier molecular flexibility index (Phi) is 7.04. The fraction of sp³-hybridized carbons (Fsp3) is 0.545. The van der Waals surface area contributed by atoms with Gasteiger partial charge in [-0.1, -0.05) is 0 Å². The Balaban J connectivity index is 2.03. The maximum absolute atomic E-state index is 12.8. The number of carboxylic acids is 1. The first-order valence-electron chi connectivity index (χ1n) is 10.5. The molecule has 0 bridgehead atoms. The average Bonchev–Trinajstić information content (AvgIpc) is 3.08. The molecule has 1 amide bonds. The van der Waals surface area contributed by atoms with E-state index in [9.17, 15) is 24.6 Å². The Morgan fingerprint density at radius 2 is 2.06 bits per heavy atom. The standard InChI is InChI=1S/C22H29N3O6S/c1-13-16(12-26)32-19(23-13)18(25-11-15(20(28)29)7-8-17(25)27)14-6-5-9-24(10-14)21(30)31-22(2,3)4/h7-8,11,14,18,26H,5-6,9-10,12H2,1-4H3,(H,28,29)/t14-,18-/m1/s1. The highest BCUT2D eigenvalue weighted by atomic mass is 32.1. The van der Waals surface area contributed by atoms with Gasteiger partial charge < -0.3 is 24.4 Å². The number of aromatic carboxylic acids is 1. The molecule has 2 aromatic rings. The minimum absolute atomic E-state index is 0.00920. The van der Waals surface area contributed by atoms with E-state index in [1.165, 1.54) is 34.2 Å². The summed E-state index contributed by atoms with van der Waals surface area (Å²) < 4.78 is 6.92. The number of carbonyl (C=O) groups excluding carboxylic acids is 1. The number of thiazole rings is 1. The molecule has 32 heavy (non-hydrogen) atoms. The second-order valence-corrected chi connectivity index (χ2v) is 10.1. The molecule has 0 spiro atoms. The van der Waals surface area contributed by atoms with Crippen molar-refractivity contribution in [3.8, 4) is 0 Å². The van der Waals surface area contributed by atoms with E-state index in [1.807, 2.05) is 0 Å². The van der Waals surface area contributed by atoms with E-state index in [0.717, 1.165) is 6.42 Å². The number of ether oxygens (including phenoxy) is 1. The van der Waals surface area contributed by atoms with Gasteiger partial charge in [-0.2, -0.15) is 0 Å². The summed E-state index contributed by atoms with van der Waals surface area (Å²) in [7, 11) is 0. The third-order valence-electron chi connectivity index (χ3n) is 5.35. The number of hydrogen-bond acceptors (Lipinski definition) is 7. The Hall–Kier alpha value is -2.72. The molecule has 2 N–H and O–H groups in total. The monoisotopic (exact) mass is 463 g/mol. The summed E-state index contributed by atoms with van der Waals surface area (Å²) in [6, 6.07) is 1.94. The van der Waals surface area contributed by atoms with Crippen LogP contribution in [0, 0.1) is 12.8 Å². The maximum Gasteiger partial charge on any atom is 0.410 e. The van der Waals surface area contributed by atoms with Gasteiger partial charge in [0.1, 0.15) is 10.6 Å². The SMILES string of the molecule is Cc1nc([C@@H]([C@@H]2CCCN(C(=O)OC(C)(C)C)C2)n2cc(C(=O)O)ccc2=O)sc1CO. The number of nitrogens with zero attached hydrogens (tertiary/aromatic N) is 3. The summed E-state index contributed by atoms with van der Waals surface area (Å²) in [6.45, 7) is 7.92. The number of carbonyl (C=O) groups is 2. The van der Waals surface area contributed by atoms with Crippen LogP contribution >= 0.6 is 11.3 Å². The van der Waals surface area contributed by atoms with Crippen molar-refractivity contribution in [2.45, 2.75) is 58.8 Å². The second kappa shape index (κ2) is 9.41. The summed E-state index contributed by atoms with van der Waals surface area (Å²) in [5.74, 6) is -1.32. The number of aromatic nitrogens is 2. The first-order valence-corrected chi connectivity index (χ1v) is 11.3. The number of rotatable bonds is 5. The molecule has 3 rings (SSSR count). The first-order chi connectivity index (χ1) is 15.0. The van der Waals surface area contributed by atoms with Crippen molar-refractivity contribution in [3.63, 3.8) is 0 Å². The van der Waals surface area contributed by atoms with Crippen LogP contribution in [0.2, 0.25) is 0 Å². The number of hydrogen-bond donors (Lipinski definition) is 2. The van der Waals surface area contributed by atoms with Gasteiger partial charge in [0, 0.05) is 31.3 Å². The van der Waals surface area contributed by atoms with Crippen LogP contribution in [0.25, 0.3) is 0 Å². The van der Waals surface area contributed by atoms with Crippen LogP contribution in [0.4, 0.5) is 4.79 Å². The molecule has 0 unspecified atom stereocenters. The lowest BCUT2D eigenvalue weighted by Gasteiger charge is -2.37. The Bertz CT molecular complexity index is 1050. The second-order valence-electron chi connectivity index (χ2n) is 8.96. The third-order valence-corrected chi connectivity index (χ3v) is 6.56. The highest BCUT2D eigenvalue weighted by molar-refractivity contribution is 7.11. The molecule has 3 heterocycles. The Morgan fingerprint density at radius 3 is 2.66 bits per heavy atom. The number of aliphatic hydroxyl groups excluding tert-OH is 1. The smallest absolute Gasteiger partial charge is 0.410 e. The lowest BCUT2D eigenvalue weighted by molar-refractivity contribution is 0.0143. The fourth-order valence-electron chi connectivity index (χ4n) is 3.88. The van der Waals surface area contributed by atoms with Crippen LogP contribution in [0.1, 0.15) is 65.6 Å². The van der Waals surface area contributed by atoms with Gasteiger partial charge in [0.25, 0.3) is 5.56 Å². The van der Waals surface area contributed by atoms with Gasteiger partial charge >= 0.3 is 12.1 Å². The predicted molar refractivity (Wildman–Crippen MR) is 119 cm³/mol. The summed E-state index contributed by atoms with van der Waals surface area (Å²) in [5, 5.41) is 19.7. The van der Waals surface area contributed by atoms with Crippen molar-refractivity contribution < 1.29 is 24.5 Å². The summed E-state index contributed by atoms with van der Waals surface area (Å²) in [4.78, 5) is 44.0. The molecule has 0 saturated carbocycles. The molecular formula is C22H29N3O6S. The van der Waals surface area contributed by atoms with E-state index in [2.05, 4.69) is 4.98 Å². The lowest BCUT2D eigenvalue weighted by atomic mass is 9.90. The molecule has 1 fully saturated rings. The number of piperidine rings is 1. The number of pyridine rings is 1. The van der Waals surface area contributed by atoms with Crippen molar-refractivity contribution >= 4 is 23.4 Å². The van der Waals surface area contributed by atoms with E-state index in [4.69, 9.17) is 4.74 Å². The van der Waals surface area contributed by atoms with Crippen molar-refractivity contribution in [3.05, 3.63) is 49.8 Å². The molecule has 2 aromatic heterocycles. The van der Waals surface area contributed by atoms with Crippen molar-refractivity contribution in [2.24, 2.45) is 5.92 Å². The van der Waals surface area contributed by atoms with E-state index >= 15 is 0 Å². The highest BCUT2D eigenvalue weighted by Gasteiger charge is 2.35. The summed E-state index contributed by atoms with van der Waals surface area (Å²) in [6.07, 6.45) is 2.35. The van der Waals surface area contributed by atoms with Crippen LogP contribution in [-0.4, -0.2) is 55.4 Å². The van der Waals surface area contributed by atoms with Crippen LogP contribution < -0.4 is 5.56 Å². The predicted octanol–water partition coefficient (Wildman–Crippen LogP) is 3.04. The zero-order valence-electron chi connectivity index (χ0n) is 18.7. The molecule has 1 aliphatic heterocycles. The number of carboxylic acid groups (broad SMARTS) is 1. The van der Waals surface area contributed by atoms with E-state index in [1.54, 1.807) is 32.6 Å². The van der Waals surface area contributed by atoms with Crippen molar-refractivity contribution in [1.82, 2.24) is 14.5 Å². The molecule has 2 atom stereocenters. The van der Waals surface area contributed by atoms with Gasteiger partial charge in [0.2, 0.25) is 0 Å². The Labute approximate surface area is 190 Å². The van der Waals surface area contributed by atoms with E-state index < -0.39 is 23.7 Å². The molecule has 0 aliphatic carbocycles. The molecular weight excluding hydrogens is 434 g/mol. The van der Waals surface area contributed by atoms with Crippen LogP contribution in [-0.2, 0) is 11.3 Å². The largest absolute Gasteiger partial charge is 0.478 e. The fourth-order valence-corrected chi connectivity index (χ4v) is 5.00. The molecule has 9 nitrogen and oxygen atoms in total. The molecule has 0 radical (unpaired) electrons. The zero-order chi connectivity index (χ0) is 23.6. The number of aliphatic hydroxyl groups is 1. The lowest BCUT2D eigenvalue weighted by Crippen LogP contribution is -2.45. The molecule has 10 heteroatoms. The van der Waals surface area contributed by atoms with E-state index in [0.29, 0.717) is 35.1 Å². The van der Waals surface area contributed by atoms with Gasteiger partial charge in [-0.15, -0.1) is 11.3 Å². The van der Waals surface area contributed by atoms with Gasteiger partial charge in [-0.3, -0.25) is 4.79 Å². The minimum atomic E-state index is -1.14. The number of aryl methyl sites for hydroxylation is 1. The quantitative estimate of drug-likeness (QED) is 0.699. The highest BCUT2D eigenvalue weighted by Crippen LogP contribution is 2.36. The zero-order valence-corrected chi connectivity index (χ0v) is 19.5. The van der Waals surface area contributed by atoms with Crippen LogP contribution in [0.3, 0.4) is 0 Å². The first kappa shape index (κ1) is 23.9. The maximum atomic E-state index is 12.8. The molecule has 174 valence electrons. The minimum Gasteiger partial charge on any atom is -0.478 e. The Morgan fingerprint density at radius 1 is 1.34 bits per heavy atom. The number of likely N-dealkylation sites (tertiary alicyclic amines) is 1. The van der Waals surface area contributed by atoms with Crippen LogP contribution in [0.5, 0.6) is 0 Å². The average molecular weight is 464 g/mol. The van der Waals surface area contributed by atoms with Crippen molar-refractivity contribution in [2.75, 3.05) is 13.1 Å². The van der Waals surface area contributed by atoms with Gasteiger partial charge in [-0.25, -0.2) is 14.6 Å². The van der Waals surface area contributed by atoms with Gasteiger partial charge in [0.05, 0.1) is 28.8 Å². The topological polar surface area (TPSA) is 122 Å². The van der Waals surface area contributed by atoms with Crippen LogP contribution in [0.15, 0.2) is 23.1 Å². The summed E-state index contributed by atoms with van der Waals surface area (Å²) in [5.41, 5.74) is -0.323. The van der Waals surface area contributed by atoms with Gasteiger partial charge in [-0.05, 0) is 46.6 Å². The molecule has 0 aromatic carbocycles. The summed E-state index contributed by atoms with van der Waals surface area (Å²) >= 11 is 1.30. The van der Waals surface area contributed by atoms with E-state index in [-0.39, 0.29) is 23.6 Å². The number of amides is 1. The third kappa shape index (κ3) is 5.36. The normalized spacial score (nSPS) is 17.8. The molecule has 1 saturated heterocycles. The van der Waals surface area contributed by atoms with Gasteiger partial charge in [0.15, 0.2) is 0 Å². The van der Waals surface area contributed by atoms with Crippen molar-refractivity contribution in [1.29, 1.82) is 0 Å². The molecule has 1 aliphatic rings.